The summed E-state index contributed by atoms with van der Waals surface area (Å²) in [6.07, 6.45) is 4.57. The van der Waals surface area contributed by atoms with Crippen molar-refractivity contribution < 1.29 is 14.3 Å². The highest BCUT2D eigenvalue weighted by Crippen LogP contribution is 2.43. The largest absolute Gasteiger partial charge is 0.469 e. The highest BCUT2D eigenvalue weighted by molar-refractivity contribution is 5.85. The first-order chi connectivity index (χ1) is 15.7. The van der Waals surface area contributed by atoms with Gasteiger partial charge in [-0.1, -0.05) is 60.2 Å². The number of ether oxygens (including phenoxy) is 2. The number of piperidine rings is 1. The average molecular weight is 431 g/mol. The second-order valence-corrected chi connectivity index (χ2v) is 8.79. The Morgan fingerprint density at radius 3 is 2.81 bits per heavy atom. The number of methoxy groups -OCH3 is 1. The number of esters is 1. The third-order valence-corrected chi connectivity index (χ3v) is 6.90. The van der Waals surface area contributed by atoms with E-state index < -0.39 is 0 Å². The molecule has 166 valence electrons. The van der Waals surface area contributed by atoms with Crippen LogP contribution in [0.1, 0.15) is 35.7 Å². The van der Waals surface area contributed by atoms with Crippen LogP contribution in [0.15, 0.2) is 66.2 Å². The summed E-state index contributed by atoms with van der Waals surface area (Å²) < 4.78 is 10.9. The normalized spacial score (nSPS) is 22.0. The van der Waals surface area contributed by atoms with Crippen LogP contribution in [0.3, 0.4) is 0 Å². The van der Waals surface area contributed by atoms with Crippen LogP contribution < -0.4 is 0 Å². The molecule has 2 aromatic carbocycles. The van der Waals surface area contributed by atoms with E-state index in [-0.39, 0.29) is 11.9 Å². The van der Waals surface area contributed by atoms with Gasteiger partial charge in [0.05, 0.1) is 32.8 Å². The van der Waals surface area contributed by atoms with E-state index in [1.807, 2.05) is 18.2 Å². The number of carbonyl (C=O) groups excluding carboxylic acids is 1. The van der Waals surface area contributed by atoms with Crippen LogP contribution in [0, 0.1) is 5.92 Å². The van der Waals surface area contributed by atoms with Gasteiger partial charge >= 0.3 is 5.97 Å². The lowest BCUT2D eigenvalue weighted by molar-refractivity contribution is -0.141. The van der Waals surface area contributed by atoms with Gasteiger partial charge in [0, 0.05) is 29.7 Å². The van der Waals surface area contributed by atoms with Crippen molar-refractivity contribution in [2.45, 2.75) is 31.9 Å². The maximum Gasteiger partial charge on any atom is 0.306 e. The van der Waals surface area contributed by atoms with E-state index in [1.54, 1.807) is 0 Å². The second kappa shape index (κ2) is 9.31. The molecule has 3 aromatic rings. The van der Waals surface area contributed by atoms with Gasteiger partial charge in [0.15, 0.2) is 0 Å². The smallest absolute Gasteiger partial charge is 0.306 e. The van der Waals surface area contributed by atoms with Gasteiger partial charge in [0.25, 0.3) is 0 Å². The van der Waals surface area contributed by atoms with E-state index in [9.17, 15) is 4.79 Å². The second-order valence-electron chi connectivity index (χ2n) is 8.79. The maximum absolute atomic E-state index is 12.2. The fourth-order valence-electron chi connectivity index (χ4n) is 5.26. The SMILES string of the molecule is COC(=O)C[C@@H]1C[C@@H]2c3[nH]c4ccccc4c3CCN2C/C1=C/COCc1ccccc1. The number of hydrogen-bond donors (Lipinski definition) is 1. The molecule has 0 spiro atoms. The summed E-state index contributed by atoms with van der Waals surface area (Å²) in [5, 5.41) is 1.34. The summed E-state index contributed by atoms with van der Waals surface area (Å²) >= 11 is 0. The first-order valence-corrected chi connectivity index (χ1v) is 11.4. The topological polar surface area (TPSA) is 54.6 Å². The number of rotatable bonds is 6. The number of hydrogen-bond acceptors (Lipinski definition) is 4. The summed E-state index contributed by atoms with van der Waals surface area (Å²) in [5.41, 5.74) is 6.44. The van der Waals surface area contributed by atoms with Crippen molar-refractivity contribution in [2.75, 3.05) is 26.8 Å². The number of carbonyl (C=O) groups is 1. The Labute approximate surface area is 189 Å². The Kier molecular flexibility index (Phi) is 6.10. The zero-order chi connectivity index (χ0) is 21.9. The Morgan fingerprint density at radius 2 is 1.97 bits per heavy atom. The minimum absolute atomic E-state index is 0.146. The van der Waals surface area contributed by atoms with Crippen molar-refractivity contribution in [1.82, 2.24) is 9.88 Å². The van der Waals surface area contributed by atoms with Crippen LogP contribution in [0.4, 0.5) is 0 Å². The molecule has 32 heavy (non-hydrogen) atoms. The molecule has 0 aliphatic carbocycles. The van der Waals surface area contributed by atoms with Gasteiger partial charge in [-0.3, -0.25) is 9.69 Å². The van der Waals surface area contributed by atoms with E-state index in [1.165, 1.54) is 40.4 Å². The first-order valence-electron chi connectivity index (χ1n) is 11.4. The van der Waals surface area contributed by atoms with E-state index in [0.29, 0.717) is 25.7 Å². The molecule has 2 atom stereocenters. The number of para-hydroxylation sites is 1. The molecule has 0 amide bonds. The number of nitrogens with one attached hydrogen (secondary N) is 1. The van der Waals surface area contributed by atoms with E-state index >= 15 is 0 Å². The standard InChI is InChI=1S/C27H30N2O3/c1-31-26(30)16-21-15-25-27-23(22-9-5-6-10-24(22)28-27)11-13-29(25)17-20(21)12-14-32-18-19-7-3-2-4-8-19/h2-10,12,21,25,28H,11,13-18H2,1H3/b20-12-/t21-,25+/m0/s1. The zero-order valence-electron chi connectivity index (χ0n) is 18.5. The summed E-state index contributed by atoms with van der Waals surface area (Å²) in [6, 6.07) is 19.1. The molecule has 2 aliphatic rings. The third kappa shape index (κ3) is 4.23. The molecule has 5 nitrogen and oxygen atoms in total. The van der Waals surface area contributed by atoms with Crippen LogP contribution in [-0.2, 0) is 27.3 Å². The Bertz CT molecular complexity index is 1120. The fourth-order valence-corrected chi connectivity index (χ4v) is 5.26. The predicted octanol–water partition coefficient (Wildman–Crippen LogP) is 4.79. The van der Waals surface area contributed by atoms with Crippen LogP contribution >= 0.6 is 0 Å². The Balaban J connectivity index is 1.34. The highest BCUT2D eigenvalue weighted by Gasteiger charge is 2.38. The van der Waals surface area contributed by atoms with Crippen LogP contribution in [0.25, 0.3) is 10.9 Å². The van der Waals surface area contributed by atoms with Gasteiger partial charge in [-0.15, -0.1) is 0 Å². The number of H-pyrrole nitrogens is 1. The summed E-state index contributed by atoms with van der Waals surface area (Å²) in [5.74, 6) is 0.0219. The van der Waals surface area contributed by atoms with Crippen LogP contribution in [0.5, 0.6) is 0 Å². The van der Waals surface area contributed by atoms with Crippen molar-refractivity contribution in [3.8, 4) is 0 Å². The van der Waals surface area contributed by atoms with E-state index in [0.717, 1.165) is 25.9 Å². The van der Waals surface area contributed by atoms with Crippen molar-refractivity contribution in [3.05, 3.63) is 83.1 Å². The predicted molar refractivity (Wildman–Crippen MR) is 125 cm³/mol. The van der Waals surface area contributed by atoms with Gasteiger partial charge in [0.1, 0.15) is 0 Å². The van der Waals surface area contributed by atoms with Gasteiger partial charge in [-0.2, -0.15) is 0 Å². The monoisotopic (exact) mass is 430 g/mol. The lowest BCUT2D eigenvalue weighted by atomic mass is 9.80. The highest BCUT2D eigenvalue weighted by atomic mass is 16.5. The molecule has 0 saturated carbocycles. The first kappa shape index (κ1) is 21.0. The molecule has 5 rings (SSSR count). The number of benzene rings is 2. The number of aromatic amines is 1. The molecule has 0 unspecified atom stereocenters. The molecule has 0 bridgehead atoms. The molecular weight excluding hydrogens is 400 g/mol. The lowest BCUT2D eigenvalue weighted by Crippen LogP contribution is -2.43. The van der Waals surface area contributed by atoms with Gasteiger partial charge in [-0.05, 0) is 36.0 Å². The minimum Gasteiger partial charge on any atom is -0.469 e. The van der Waals surface area contributed by atoms with Crippen molar-refractivity contribution in [3.63, 3.8) is 0 Å². The molecule has 1 aromatic heterocycles. The molecule has 1 saturated heterocycles. The van der Waals surface area contributed by atoms with E-state index in [4.69, 9.17) is 9.47 Å². The average Bonchev–Trinajstić information content (AvgIpc) is 3.22. The van der Waals surface area contributed by atoms with Crippen LogP contribution in [-0.4, -0.2) is 42.7 Å². The summed E-state index contributed by atoms with van der Waals surface area (Å²) in [7, 11) is 1.47. The molecule has 1 N–H and O–H groups in total. The number of aromatic nitrogens is 1. The summed E-state index contributed by atoms with van der Waals surface area (Å²) in [6.45, 7) is 3.05. The van der Waals surface area contributed by atoms with Crippen molar-refractivity contribution in [2.24, 2.45) is 5.92 Å². The Morgan fingerprint density at radius 1 is 1.16 bits per heavy atom. The molecule has 1 fully saturated rings. The quantitative estimate of drug-likeness (QED) is 0.347. The van der Waals surface area contributed by atoms with Gasteiger partial charge < -0.3 is 14.5 Å². The van der Waals surface area contributed by atoms with Gasteiger partial charge in [-0.25, -0.2) is 0 Å². The summed E-state index contributed by atoms with van der Waals surface area (Å²) in [4.78, 5) is 18.4. The molecule has 5 heteroatoms. The number of fused-ring (bicyclic) bond motifs is 5. The van der Waals surface area contributed by atoms with Crippen molar-refractivity contribution >= 4 is 16.9 Å². The van der Waals surface area contributed by atoms with Crippen molar-refractivity contribution in [1.29, 1.82) is 0 Å². The molecule has 3 heterocycles. The van der Waals surface area contributed by atoms with Gasteiger partial charge in [0.2, 0.25) is 0 Å². The lowest BCUT2D eigenvalue weighted by Gasteiger charge is -2.43. The van der Waals surface area contributed by atoms with Crippen LogP contribution in [0.2, 0.25) is 0 Å². The zero-order valence-corrected chi connectivity index (χ0v) is 18.5. The maximum atomic E-state index is 12.2. The fraction of sp³-hybridized carbons (Fsp3) is 0.370. The minimum atomic E-state index is -0.146. The Hall–Kier alpha value is -2.89. The third-order valence-electron chi connectivity index (χ3n) is 6.90. The molecule has 2 aliphatic heterocycles. The van der Waals surface area contributed by atoms with E-state index in [2.05, 4.69) is 52.4 Å². The molecule has 0 radical (unpaired) electrons. The molecular formula is C27H30N2O3. The number of nitrogens with zero attached hydrogens (tertiary/aromatic N) is 1.